The first-order valence-corrected chi connectivity index (χ1v) is 8.96. The van der Waals surface area contributed by atoms with Crippen molar-refractivity contribution in [2.45, 2.75) is 51.5 Å². The number of benzene rings is 1. The van der Waals surface area contributed by atoms with E-state index in [0.29, 0.717) is 17.8 Å². The van der Waals surface area contributed by atoms with E-state index >= 15 is 0 Å². The molecule has 130 valence electrons. The molecule has 1 saturated carbocycles. The molecular weight excluding hydrogens is 306 g/mol. The predicted molar refractivity (Wildman–Crippen MR) is 93.5 cm³/mol. The molecule has 1 heterocycles. The molecule has 1 aliphatic carbocycles. The summed E-state index contributed by atoms with van der Waals surface area (Å²) in [6, 6.07) is 5.24. The molecule has 0 N–H and O–H groups in total. The Kier molecular flexibility index (Phi) is 5.02. The third-order valence-electron chi connectivity index (χ3n) is 5.23. The normalized spacial score (nSPS) is 18.1. The standard InChI is InChI=1S/C18H25N3O3/c1-2-20(15-7-3-4-8-15)18(22)14-9-10-16(17(13-14)21(23)24)19-11-5-6-12-19/h9-10,13,15H,2-8,11-12H2,1H3. The Morgan fingerprint density at radius 3 is 2.50 bits per heavy atom. The lowest BCUT2D eigenvalue weighted by Gasteiger charge is -2.28. The first-order valence-electron chi connectivity index (χ1n) is 8.96. The van der Waals surface area contributed by atoms with Crippen molar-refractivity contribution in [1.82, 2.24) is 4.90 Å². The van der Waals surface area contributed by atoms with Gasteiger partial charge < -0.3 is 9.80 Å². The maximum atomic E-state index is 12.9. The van der Waals surface area contributed by atoms with Crippen molar-refractivity contribution in [3.63, 3.8) is 0 Å². The molecule has 1 aromatic carbocycles. The zero-order chi connectivity index (χ0) is 17.1. The van der Waals surface area contributed by atoms with Crippen LogP contribution in [0.15, 0.2) is 18.2 Å². The van der Waals surface area contributed by atoms with Crippen LogP contribution in [0, 0.1) is 10.1 Å². The molecule has 0 unspecified atom stereocenters. The quantitative estimate of drug-likeness (QED) is 0.611. The molecule has 3 rings (SSSR count). The van der Waals surface area contributed by atoms with E-state index in [4.69, 9.17) is 0 Å². The molecule has 0 atom stereocenters. The van der Waals surface area contributed by atoms with Crippen LogP contribution in [0.2, 0.25) is 0 Å². The van der Waals surface area contributed by atoms with Crippen molar-refractivity contribution < 1.29 is 9.72 Å². The van der Waals surface area contributed by atoms with Gasteiger partial charge >= 0.3 is 0 Å². The van der Waals surface area contributed by atoms with Crippen molar-refractivity contribution in [1.29, 1.82) is 0 Å². The van der Waals surface area contributed by atoms with Gasteiger partial charge in [-0.2, -0.15) is 0 Å². The summed E-state index contributed by atoms with van der Waals surface area (Å²) in [5, 5.41) is 11.5. The molecule has 6 nitrogen and oxygen atoms in total. The van der Waals surface area contributed by atoms with Crippen LogP contribution >= 0.6 is 0 Å². The van der Waals surface area contributed by atoms with Crippen molar-refractivity contribution in [3.8, 4) is 0 Å². The van der Waals surface area contributed by atoms with E-state index in [9.17, 15) is 14.9 Å². The number of amides is 1. The van der Waals surface area contributed by atoms with Gasteiger partial charge in [-0.3, -0.25) is 14.9 Å². The van der Waals surface area contributed by atoms with Gasteiger partial charge in [-0.1, -0.05) is 12.8 Å². The SMILES string of the molecule is CCN(C(=O)c1ccc(N2CCCC2)c([N+](=O)[O-])c1)C1CCCC1. The smallest absolute Gasteiger partial charge is 0.293 e. The minimum atomic E-state index is -0.365. The van der Waals surface area contributed by atoms with Gasteiger partial charge in [0, 0.05) is 37.3 Å². The summed E-state index contributed by atoms with van der Waals surface area (Å²) in [7, 11) is 0. The van der Waals surface area contributed by atoms with Crippen molar-refractivity contribution in [2.24, 2.45) is 0 Å². The van der Waals surface area contributed by atoms with Gasteiger partial charge in [-0.15, -0.1) is 0 Å². The van der Waals surface area contributed by atoms with E-state index in [-0.39, 0.29) is 22.6 Å². The number of hydrogen-bond acceptors (Lipinski definition) is 4. The van der Waals surface area contributed by atoms with E-state index in [0.717, 1.165) is 51.6 Å². The molecule has 24 heavy (non-hydrogen) atoms. The topological polar surface area (TPSA) is 66.7 Å². The second-order valence-electron chi connectivity index (χ2n) is 6.68. The fourth-order valence-electron chi connectivity index (χ4n) is 3.98. The van der Waals surface area contributed by atoms with Crippen molar-refractivity contribution in [3.05, 3.63) is 33.9 Å². The molecule has 0 radical (unpaired) electrons. The summed E-state index contributed by atoms with van der Waals surface area (Å²) in [4.78, 5) is 27.9. The van der Waals surface area contributed by atoms with Crippen molar-refractivity contribution in [2.75, 3.05) is 24.5 Å². The zero-order valence-electron chi connectivity index (χ0n) is 14.2. The molecule has 0 bridgehead atoms. The summed E-state index contributed by atoms with van der Waals surface area (Å²) in [5.41, 5.74) is 1.11. The van der Waals surface area contributed by atoms with Crippen LogP contribution in [0.3, 0.4) is 0 Å². The Labute approximate surface area is 142 Å². The lowest BCUT2D eigenvalue weighted by Crippen LogP contribution is -2.38. The van der Waals surface area contributed by atoms with Gasteiger partial charge in [-0.25, -0.2) is 0 Å². The zero-order valence-corrected chi connectivity index (χ0v) is 14.2. The van der Waals surface area contributed by atoms with Crippen LogP contribution < -0.4 is 4.90 Å². The number of hydrogen-bond donors (Lipinski definition) is 0. The monoisotopic (exact) mass is 331 g/mol. The molecule has 6 heteroatoms. The molecule has 1 aliphatic heterocycles. The number of anilines is 1. The summed E-state index contributed by atoms with van der Waals surface area (Å²) in [6.07, 6.45) is 6.50. The lowest BCUT2D eigenvalue weighted by molar-refractivity contribution is -0.384. The number of carbonyl (C=O) groups excluding carboxylic acids is 1. The molecule has 0 aromatic heterocycles. The average Bonchev–Trinajstić information content (AvgIpc) is 3.28. The van der Waals surface area contributed by atoms with Crippen LogP contribution in [0.1, 0.15) is 55.8 Å². The number of nitrogens with zero attached hydrogens (tertiary/aromatic N) is 3. The van der Waals surface area contributed by atoms with Crippen LogP contribution in [0.25, 0.3) is 0 Å². The Bertz CT molecular complexity index is 620. The molecule has 2 aliphatic rings. The fourth-order valence-corrected chi connectivity index (χ4v) is 3.98. The van der Waals surface area contributed by atoms with Gasteiger partial charge in [-0.05, 0) is 44.7 Å². The average molecular weight is 331 g/mol. The van der Waals surface area contributed by atoms with Gasteiger partial charge in [0.2, 0.25) is 0 Å². The molecule has 1 saturated heterocycles. The maximum Gasteiger partial charge on any atom is 0.293 e. The number of carbonyl (C=O) groups is 1. The largest absolute Gasteiger partial charge is 0.366 e. The Hall–Kier alpha value is -2.11. The highest BCUT2D eigenvalue weighted by molar-refractivity contribution is 5.96. The van der Waals surface area contributed by atoms with E-state index in [2.05, 4.69) is 0 Å². The Balaban J connectivity index is 1.88. The predicted octanol–water partition coefficient (Wildman–Crippen LogP) is 3.60. The molecule has 0 spiro atoms. The number of nitro benzene ring substituents is 1. The van der Waals surface area contributed by atoms with Gasteiger partial charge in [0.25, 0.3) is 11.6 Å². The van der Waals surface area contributed by atoms with E-state index < -0.39 is 0 Å². The fraction of sp³-hybridized carbons (Fsp3) is 0.611. The molecule has 2 fully saturated rings. The maximum absolute atomic E-state index is 12.9. The second-order valence-corrected chi connectivity index (χ2v) is 6.68. The van der Waals surface area contributed by atoms with E-state index in [1.165, 1.54) is 6.07 Å². The van der Waals surface area contributed by atoms with Crippen LogP contribution in [0.5, 0.6) is 0 Å². The Morgan fingerprint density at radius 2 is 1.92 bits per heavy atom. The highest BCUT2D eigenvalue weighted by Gasteiger charge is 2.29. The summed E-state index contributed by atoms with van der Waals surface area (Å²) in [6.45, 7) is 4.31. The van der Waals surface area contributed by atoms with Crippen LogP contribution in [0.4, 0.5) is 11.4 Å². The number of rotatable bonds is 5. The minimum Gasteiger partial charge on any atom is -0.366 e. The molecular formula is C18H25N3O3. The Morgan fingerprint density at radius 1 is 1.25 bits per heavy atom. The van der Waals surface area contributed by atoms with E-state index in [1.54, 1.807) is 12.1 Å². The number of nitro groups is 1. The van der Waals surface area contributed by atoms with Gasteiger partial charge in [0.15, 0.2) is 0 Å². The summed E-state index contributed by atoms with van der Waals surface area (Å²) in [5.74, 6) is -0.0829. The second kappa shape index (κ2) is 7.20. The summed E-state index contributed by atoms with van der Waals surface area (Å²) < 4.78 is 0. The van der Waals surface area contributed by atoms with Crippen LogP contribution in [-0.4, -0.2) is 41.4 Å². The molecule has 1 amide bonds. The van der Waals surface area contributed by atoms with E-state index in [1.807, 2.05) is 16.7 Å². The summed E-state index contributed by atoms with van der Waals surface area (Å²) >= 11 is 0. The van der Waals surface area contributed by atoms with Gasteiger partial charge in [0.05, 0.1) is 4.92 Å². The first kappa shape index (κ1) is 16.7. The minimum absolute atomic E-state index is 0.0465. The highest BCUT2D eigenvalue weighted by atomic mass is 16.6. The lowest BCUT2D eigenvalue weighted by atomic mass is 10.1. The highest BCUT2D eigenvalue weighted by Crippen LogP contribution is 2.33. The van der Waals surface area contributed by atoms with Gasteiger partial charge in [0.1, 0.15) is 5.69 Å². The van der Waals surface area contributed by atoms with Crippen LogP contribution in [-0.2, 0) is 0 Å². The van der Waals surface area contributed by atoms with Crippen molar-refractivity contribution >= 4 is 17.3 Å². The first-order chi connectivity index (χ1) is 11.6. The third-order valence-corrected chi connectivity index (χ3v) is 5.23. The molecule has 1 aromatic rings. The third kappa shape index (κ3) is 3.23.